The van der Waals surface area contributed by atoms with Gasteiger partial charge in [-0.3, -0.25) is 0 Å². The first-order valence-corrected chi connectivity index (χ1v) is 2.42. The van der Waals surface area contributed by atoms with Crippen molar-refractivity contribution in [2.24, 2.45) is 5.73 Å². The summed E-state index contributed by atoms with van der Waals surface area (Å²) in [5.41, 5.74) is 4.60. The van der Waals surface area contributed by atoms with E-state index in [0.29, 0.717) is 0 Å². The van der Waals surface area contributed by atoms with E-state index in [1.54, 1.807) is 0 Å². The zero-order chi connectivity index (χ0) is 8.36. The molecule has 4 N–H and O–H groups in total. The van der Waals surface area contributed by atoms with Gasteiger partial charge < -0.3 is 15.9 Å². The number of carboxylic acids is 1. The molecule has 0 aromatic carbocycles. The molecule has 1 atom stereocenters. The third-order valence-electron chi connectivity index (χ3n) is 0.927. The normalized spacial score (nSPS) is 14.8. The quantitative estimate of drug-likeness (QED) is 0.489. The number of rotatable bonds is 3. The minimum absolute atomic E-state index is 0.778. The molecule has 60 valence electrons. The van der Waals surface area contributed by atoms with Crippen molar-refractivity contribution in [1.82, 2.24) is 0 Å². The molecule has 10 heavy (non-hydrogen) atoms. The van der Waals surface area contributed by atoms with E-state index in [4.69, 9.17) is 10.2 Å². The molecule has 0 aliphatic carbocycles. The lowest BCUT2D eigenvalue weighted by Crippen LogP contribution is -2.45. The zero-order valence-electron chi connectivity index (χ0n) is 4.92. The fourth-order valence-corrected chi connectivity index (χ4v) is 0.291. The number of carboxylic acid groups (broad SMARTS) is 1. The van der Waals surface area contributed by atoms with E-state index in [-0.39, 0.29) is 0 Å². The van der Waals surface area contributed by atoms with E-state index in [9.17, 15) is 13.6 Å². The highest BCUT2D eigenvalue weighted by molar-refractivity contribution is 5.76. The number of carbonyl (C=O) groups is 1. The van der Waals surface area contributed by atoms with Crippen molar-refractivity contribution < 1.29 is 23.8 Å². The molecule has 0 heterocycles. The average molecular weight is 155 g/mol. The Labute approximate surface area is 55.3 Å². The second-order valence-corrected chi connectivity index (χ2v) is 1.68. The van der Waals surface area contributed by atoms with Crippen LogP contribution in [-0.4, -0.2) is 34.8 Å². The second-order valence-electron chi connectivity index (χ2n) is 1.68. The standard InChI is InChI=1S/C4H7F2NO3/c5-4(6,3(9)10)2(8)1-7/h2,8H,1,7H2,(H,9,10)/t2-/m0/s1. The lowest BCUT2D eigenvalue weighted by molar-refractivity contribution is -0.180. The van der Waals surface area contributed by atoms with Gasteiger partial charge in [0, 0.05) is 6.54 Å². The molecule has 0 aliphatic rings. The summed E-state index contributed by atoms with van der Waals surface area (Å²) in [6, 6.07) is 0. The van der Waals surface area contributed by atoms with Crippen LogP contribution < -0.4 is 5.73 Å². The van der Waals surface area contributed by atoms with E-state index >= 15 is 0 Å². The Kier molecular flexibility index (Phi) is 2.67. The highest BCUT2D eigenvalue weighted by Crippen LogP contribution is 2.17. The first-order valence-electron chi connectivity index (χ1n) is 2.42. The van der Waals surface area contributed by atoms with E-state index < -0.39 is 24.5 Å². The average Bonchev–Trinajstić information content (AvgIpc) is 1.86. The van der Waals surface area contributed by atoms with Gasteiger partial charge in [-0.1, -0.05) is 0 Å². The molecule has 4 nitrogen and oxygen atoms in total. The number of aliphatic hydroxyl groups is 1. The number of aliphatic hydroxyl groups excluding tert-OH is 1. The number of halogens is 2. The summed E-state index contributed by atoms with van der Waals surface area (Å²) in [5, 5.41) is 16.1. The number of hydrogen-bond donors (Lipinski definition) is 3. The van der Waals surface area contributed by atoms with E-state index in [2.05, 4.69) is 5.73 Å². The van der Waals surface area contributed by atoms with Crippen LogP contribution in [0.4, 0.5) is 8.78 Å². The molecule has 6 heteroatoms. The van der Waals surface area contributed by atoms with E-state index in [1.807, 2.05) is 0 Å². The largest absolute Gasteiger partial charge is 0.477 e. The second kappa shape index (κ2) is 2.89. The summed E-state index contributed by atoms with van der Waals surface area (Å²) in [7, 11) is 0. The molecular weight excluding hydrogens is 148 g/mol. The molecule has 0 radical (unpaired) electrons. The highest BCUT2D eigenvalue weighted by Gasteiger charge is 2.45. The highest BCUT2D eigenvalue weighted by atomic mass is 19.3. The maximum absolute atomic E-state index is 12.0. The van der Waals surface area contributed by atoms with Gasteiger partial charge >= 0.3 is 11.9 Å². The van der Waals surface area contributed by atoms with E-state index in [0.717, 1.165) is 0 Å². The number of aliphatic carboxylic acids is 1. The summed E-state index contributed by atoms with van der Waals surface area (Å²) >= 11 is 0. The molecule has 0 fully saturated rings. The molecule has 0 unspecified atom stereocenters. The Morgan fingerprint density at radius 2 is 2.10 bits per heavy atom. The molecule has 0 saturated heterocycles. The third-order valence-corrected chi connectivity index (χ3v) is 0.927. The number of nitrogens with two attached hydrogens (primary N) is 1. The number of alkyl halides is 2. The Morgan fingerprint density at radius 3 is 2.20 bits per heavy atom. The predicted octanol–water partition coefficient (Wildman–Crippen LogP) is -0.974. The SMILES string of the molecule is NC[C@H](O)C(F)(F)C(=O)O. The molecule has 0 amide bonds. The topological polar surface area (TPSA) is 83.5 Å². The van der Waals surface area contributed by atoms with Crippen LogP contribution in [0.5, 0.6) is 0 Å². The molecule has 0 bridgehead atoms. The van der Waals surface area contributed by atoms with Crippen LogP contribution in [0.2, 0.25) is 0 Å². The zero-order valence-corrected chi connectivity index (χ0v) is 4.92. The Morgan fingerprint density at radius 1 is 1.70 bits per heavy atom. The molecule has 0 aliphatic heterocycles. The summed E-state index contributed by atoms with van der Waals surface area (Å²) in [5.74, 6) is -6.51. The van der Waals surface area contributed by atoms with Gasteiger partial charge in [-0.2, -0.15) is 8.78 Å². The number of hydrogen-bond acceptors (Lipinski definition) is 3. The van der Waals surface area contributed by atoms with Crippen molar-refractivity contribution in [3.05, 3.63) is 0 Å². The molecule has 0 spiro atoms. The van der Waals surface area contributed by atoms with Crippen LogP contribution in [0.3, 0.4) is 0 Å². The van der Waals surface area contributed by atoms with Crippen molar-refractivity contribution in [3.8, 4) is 0 Å². The maximum atomic E-state index is 12.0. The molecular formula is C4H7F2NO3. The molecule has 0 aromatic rings. The first-order chi connectivity index (χ1) is 4.42. The van der Waals surface area contributed by atoms with Crippen molar-refractivity contribution in [2.75, 3.05) is 6.54 Å². The molecule has 0 aromatic heterocycles. The van der Waals surface area contributed by atoms with Gasteiger partial charge in [0.1, 0.15) is 6.10 Å². The van der Waals surface area contributed by atoms with Crippen LogP contribution in [0.15, 0.2) is 0 Å². The van der Waals surface area contributed by atoms with Gasteiger partial charge in [0.2, 0.25) is 0 Å². The van der Waals surface area contributed by atoms with E-state index in [1.165, 1.54) is 0 Å². The summed E-state index contributed by atoms with van der Waals surface area (Å²) < 4.78 is 24.0. The minimum Gasteiger partial charge on any atom is -0.477 e. The lowest BCUT2D eigenvalue weighted by Gasteiger charge is -2.15. The van der Waals surface area contributed by atoms with Gasteiger partial charge in [0.05, 0.1) is 0 Å². The summed E-state index contributed by atoms with van der Waals surface area (Å²) in [4.78, 5) is 9.66. The van der Waals surface area contributed by atoms with Gasteiger partial charge in [-0.05, 0) is 0 Å². The van der Waals surface area contributed by atoms with Crippen LogP contribution in [0, 0.1) is 0 Å². The molecule has 0 rings (SSSR count). The van der Waals surface area contributed by atoms with Gasteiger partial charge in [0.25, 0.3) is 0 Å². The lowest BCUT2D eigenvalue weighted by atomic mass is 10.2. The molecule has 0 saturated carbocycles. The summed E-state index contributed by atoms with van der Waals surface area (Å²) in [6.45, 7) is -0.778. The maximum Gasteiger partial charge on any atom is 0.377 e. The van der Waals surface area contributed by atoms with Crippen LogP contribution in [-0.2, 0) is 4.79 Å². The Balaban J connectivity index is 4.23. The van der Waals surface area contributed by atoms with Gasteiger partial charge in [-0.25, -0.2) is 4.79 Å². The first kappa shape index (κ1) is 9.25. The summed E-state index contributed by atoms with van der Waals surface area (Å²) in [6.07, 6.45) is -2.31. The third kappa shape index (κ3) is 1.61. The van der Waals surface area contributed by atoms with Crippen molar-refractivity contribution in [3.63, 3.8) is 0 Å². The van der Waals surface area contributed by atoms with Gasteiger partial charge in [0.15, 0.2) is 0 Å². The fourth-order valence-electron chi connectivity index (χ4n) is 0.291. The minimum atomic E-state index is -4.14. The van der Waals surface area contributed by atoms with Crippen LogP contribution >= 0.6 is 0 Å². The predicted molar refractivity (Wildman–Crippen MR) is 27.6 cm³/mol. The smallest absolute Gasteiger partial charge is 0.377 e. The monoisotopic (exact) mass is 155 g/mol. The fraction of sp³-hybridized carbons (Fsp3) is 0.750. The van der Waals surface area contributed by atoms with Crippen molar-refractivity contribution >= 4 is 5.97 Å². The Hall–Kier alpha value is -0.750. The Bertz CT molecular complexity index is 138. The van der Waals surface area contributed by atoms with Crippen LogP contribution in [0.25, 0.3) is 0 Å². The van der Waals surface area contributed by atoms with Crippen LogP contribution in [0.1, 0.15) is 0 Å². The van der Waals surface area contributed by atoms with Crippen molar-refractivity contribution in [1.29, 1.82) is 0 Å². The van der Waals surface area contributed by atoms with Gasteiger partial charge in [-0.15, -0.1) is 0 Å². The van der Waals surface area contributed by atoms with Crippen molar-refractivity contribution in [2.45, 2.75) is 12.0 Å².